The number of aromatic hydroxyl groups is 1. The maximum Gasteiger partial charge on any atom is 0.131 e. The molecule has 2 rings (SSSR count). The number of rotatable bonds is 5. The Bertz CT molecular complexity index is 427. The molecular formula is C15H22FNO. The van der Waals surface area contributed by atoms with E-state index in [9.17, 15) is 9.50 Å². The lowest BCUT2D eigenvalue weighted by molar-refractivity contribution is 0.323. The highest BCUT2D eigenvalue weighted by molar-refractivity contribution is 5.29. The van der Waals surface area contributed by atoms with E-state index < -0.39 is 0 Å². The Balaban J connectivity index is 1.98. The molecular weight excluding hydrogens is 229 g/mol. The highest BCUT2D eigenvalue weighted by Crippen LogP contribution is 2.51. The van der Waals surface area contributed by atoms with Crippen LogP contribution in [0.15, 0.2) is 18.2 Å². The van der Waals surface area contributed by atoms with E-state index in [2.05, 4.69) is 19.2 Å². The Morgan fingerprint density at radius 3 is 2.50 bits per heavy atom. The number of nitrogens with one attached hydrogen (secondary N) is 1. The summed E-state index contributed by atoms with van der Waals surface area (Å²) in [5.74, 6) is 0.301. The fourth-order valence-electron chi connectivity index (χ4n) is 2.45. The first-order valence-corrected chi connectivity index (χ1v) is 6.66. The minimum atomic E-state index is -0.343. The van der Waals surface area contributed by atoms with Crippen molar-refractivity contribution >= 4 is 0 Å². The Kier molecular flexibility index (Phi) is 3.62. The predicted molar refractivity (Wildman–Crippen MR) is 71.0 cm³/mol. The van der Waals surface area contributed by atoms with Crippen molar-refractivity contribution in [3.05, 3.63) is 29.6 Å². The predicted octanol–water partition coefficient (Wildman–Crippen LogP) is 3.62. The molecule has 0 spiro atoms. The van der Waals surface area contributed by atoms with Crippen LogP contribution >= 0.6 is 0 Å². The van der Waals surface area contributed by atoms with E-state index >= 15 is 0 Å². The molecule has 1 fully saturated rings. The summed E-state index contributed by atoms with van der Waals surface area (Å²) >= 11 is 0. The molecule has 1 aromatic carbocycles. The summed E-state index contributed by atoms with van der Waals surface area (Å²) in [5.41, 5.74) is 1.04. The normalized spacial score (nSPS) is 18.9. The molecule has 3 heteroatoms. The molecule has 2 nitrogen and oxygen atoms in total. The lowest BCUT2D eigenvalue weighted by Gasteiger charge is -2.23. The van der Waals surface area contributed by atoms with Crippen molar-refractivity contribution in [1.82, 2.24) is 5.32 Å². The quantitative estimate of drug-likeness (QED) is 0.837. The van der Waals surface area contributed by atoms with Gasteiger partial charge >= 0.3 is 0 Å². The lowest BCUT2D eigenvalue weighted by Crippen LogP contribution is -2.30. The van der Waals surface area contributed by atoms with Crippen molar-refractivity contribution in [2.45, 2.75) is 39.7 Å². The largest absolute Gasteiger partial charge is 0.508 e. The third-order valence-electron chi connectivity index (χ3n) is 4.33. The van der Waals surface area contributed by atoms with Gasteiger partial charge in [0.05, 0.1) is 0 Å². The molecule has 1 atom stereocenters. The summed E-state index contributed by atoms with van der Waals surface area (Å²) in [6.45, 7) is 7.40. The smallest absolute Gasteiger partial charge is 0.131 e. The van der Waals surface area contributed by atoms with Crippen molar-refractivity contribution in [1.29, 1.82) is 0 Å². The van der Waals surface area contributed by atoms with Crippen LogP contribution in [0, 0.1) is 17.2 Å². The monoisotopic (exact) mass is 251 g/mol. The van der Waals surface area contributed by atoms with Crippen LogP contribution in [-0.2, 0) is 0 Å². The summed E-state index contributed by atoms with van der Waals surface area (Å²) in [6, 6.07) is 4.33. The summed E-state index contributed by atoms with van der Waals surface area (Å²) in [6.07, 6.45) is 2.53. The first kappa shape index (κ1) is 13.3. The minimum absolute atomic E-state index is 0.0238. The van der Waals surface area contributed by atoms with Crippen LogP contribution in [0.5, 0.6) is 5.75 Å². The van der Waals surface area contributed by atoms with E-state index in [1.807, 2.05) is 6.92 Å². The van der Waals surface area contributed by atoms with Crippen molar-refractivity contribution in [3.8, 4) is 5.75 Å². The van der Waals surface area contributed by atoms with Gasteiger partial charge in [0.1, 0.15) is 11.6 Å². The molecule has 100 valence electrons. The number of benzene rings is 1. The van der Waals surface area contributed by atoms with Crippen LogP contribution < -0.4 is 5.32 Å². The fourth-order valence-corrected chi connectivity index (χ4v) is 2.45. The molecule has 18 heavy (non-hydrogen) atoms. The second-order valence-corrected chi connectivity index (χ2v) is 5.83. The van der Waals surface area contributed by atoms with Crippen LogP contribution in [0.3, 0.4) is 0 Å². The Morgan fingerprint density at radius 2 is 2.00 bits per heavy atom. The fraction of sp³-hybridized carbons (Fsp3) is 0.600. The maximum absolute atomic E-state index is 13.7. The van der Waals surface area contributed by atoms with Gasteiger partial charge in [0, 0.05) is 24.2 Å². The van der Waals surface area contributed by atoms with Gasteiger partial charge in [-0.2, -0.15) is 0 Å². The van der Waals surface area contributed by atoms with Gasteiger partial charge in [0.2, 0.25) is 0 Å². The molecule has 1 aliphatic carbocycles. The average molecular weight is 251 g/mol. The van der Waals surface area contributed by atoms with Gasteiger partial charge in [0.25, 0.3) is 0 Å². The van der Waals surface area contributed by atoms with E-state index in [-0.39, 0.29) is 17.6 Å². The summed E-state index contributed by atoms with van der Waals surface area (Å²) < 4.78 is 13.7. The topological polar surface area (TPSA) is 32.3 Å². The molecule has 0 aromatic heterocycles. The molecule has 0 saturated heterocycles. The van der Waals surface area contributed by atoms with Crippen molar-refractivity contribution in [2.24, 2.45) is 11.3 Å². The van der Waals surface area contributed by atoms with E-state index in [1.54, 1.807) is 6.07 Å². The molecule has 1 aromatic rings. The SMILES string of the molecule is CC(NCC1(C(C)C)CC1)c1ccc(O)cc1F. The van der Waals surface area contributed by atoms with Gasteiger partial charge in [-0.15, -0.1) is 0 Å². The van der Waals surface area contributed by atoms with Crippen molar-refractivity contribution in [3.63, 3.8) is 0 Å². The van der Waals surface area contributed by atoms with E-state index in [0.717, 1.165) is 6.54 Å². The van der Waals surface area contributed by atoms with Crippen molar-refractivity contribution in [2.75, 3.05) is 6.54 Å². The van der Waals surface area contributed by atoms with E-state index in [0.29, 0.717) is 16.9 Å². The molecule has 1 unspecified atom stereocenters. The standard InChI is InChI=1S/C15H22FNO/c1-10(2)15(6-7-15)9-17-11(3)13-5-4-12(18)8-14(13)16/h4-5,8,10-11,17-18H,6-7,9H2,1-3H3. The molecule has 2 N–H and O–H groups in total. The molecule has 1 aliphatic rings. The second-order valence-electron chi connectivity index (χ2n) is 5.83. The van der Waals surface area contributed by atoms with Crippen LogP contribution in [0.4, 0.5) is 4.39 Å². The molecule has 0 radical (unpaired) electrons. The van der Waals surface area contributed by atoms with E-state index in [1.165, 1.54) is 25.0 Å². The Hall–Kier alpha value is -1.09. The van der Waals surface area contributed by atoms with Crippen LogP contribution in [0.1, 0.15) is 45.2 Å². The van der Waals surface area contributed by atoms with Gasteiger partial charge in [-0.1, -0.05) is 19.9 Å². The second kappa shape index (κ2) is 4.88. The number of hydrogen-bond acceptors (Lipinski definition) is 2. The molecule has 1 saturated carbocycles. The highest BCUT2D eigenvalue weighted by atomic mass is 19.1. The van der Waals surface area contributed by atoms with Crippen LogP contribution in [0.25, 0.3) is 0 Å². The summed E-state index contributed by atoms with van der Waals surface area (Å²) in [5, 5.41) is 12.6. The first-order valence-electron chi connectivity index (χ1n) is 6.66. The van der Waals surface area contributed by atoms with Gasteiger partial charge in [-0.25, -0.2) is 4.39 Å². The van der Waals surface area contributed by atoms with Gasteiger partial charge in [-0.3, -0.25) is 0 Å². The zero-order valence-electron chi connectivity index (χ0n) is 11.3. The molecule has 0 heterocycles. The molecule has 0 aliphatic heterocycles. The van der Waals surface area contributed by atoms with Gasteiger partial charge in [0.15, 0.2) is 0 Å². The third-order valence-corrected chi connectivity index (χ3v) is 4.33. The lowest BCUT2D eigenvalue weighted by atomic mass is 9.92. The van der Waals surface area contributed by atoms with Crippen LogP contribution in [-0.4, -0.2) is 11.7 Å². The van der Waals surface area contributed by atoms with E-state index in [4.69, 9.17) is 0 Å². The van der Waals surface area contributed by atoms with Gasteiger partial charge < -0.3 is 10.4 Å². The highest BCUT2D eigenvalue weighted by Gasteiger charge is 2.44. The third kappa shape index (κ3) is 2.66. The summed E-state index contributed by atoms with van der Waals surface area (Å²) in [7, 11) is 0. The van der Waals surface area contributed by atoms with Crippen molar-refractivity contribution < 1.29 is 9.50 Å². The number of phenolic OH excluding ortho intramolecular Hbond substituents is 1. The van der Waals surface area contributed by atoms with Gasteiger partial charge in [-0.05, 0) is 37.2 Å². The zero-order valence-corrected chi connectivity index (χ0v) is 11.3. The number of hydrogen-bond donors (Lipinski definition) is 2. The number of halogens is 1. The Morgan fingerprint density at radius 1 is 1.33 bits per heavy atom. The number of phenols is 1. The summed E-state index contributed by atoms with van der Waals surface area (Å²) in [4.78, 5) is 0. The first-order chi connectivity index (χ1) is 8.44. The zero-order chi connectivity index (χ0) is 13.3. The molecule has 0 bridgehead atoms. The Labute approximate surface area is 108 Å². The van der Waals surface area contributed by atoms with Crippen LogP contribution in [0.2, 0.25) is 0 Å². The average Bonchev–Trinajstić information content (AvgIpc) is 3.07. The molecule has 0 amide bonds. The maximum atomic E-state index is 13.7. The minimum Gasteiger partial charge on any atom is -0.508 e.